The van der Waals surface area contributed by atoms with Gasteiger partial charge in [-0.2, -0.15) is 5.26 Å². The van der Waals surface area contributed by atoms with Crippen molar-refractivity contribution < 1.29 is 22.6 Å². The average molecular weight is 514 g/mol. The van der Waals surface area contributed by atoms with E-state index >= 15 is 0 Å². The van der Waals surface area contributed by atoms with E-state index < -0.39 is 23.1 Å². The van der Waals surface area contributed by atoms with Crippen LogP contribution in [0.15, 0.2) is 48.5 Å². The Labute approximate surface area is 211 Å². The van der Waals surface area contributed by atoms with Crippen LogP contribution < -0.4 is 15.4 Å². The normalized spacial score (nSPS) is 16.5. The highest BCUT2D eigenvalue weighted by Gasteiger charge is 2.42. The van der Waals surface area contributed by atoms with Gasteiger partial charge in [-0.1, -0.05) is 17.7 Å². The number of nitrogens with one attached hydrogen (secondary N) is 2. The van der Waals surface area contributed by atoms with Crippen LogP contribution in [-0.4, -0.2) is 19.8 Å². The SMILES string of the molecule is N#Cc1ccc(CC2(c3ccc(Cl)cc3OCC3CCOCC3)Nc3cc(F)c(F)cc3N2)c(F)c1. The molecule has 5 rings (SSSR count). The van der Waals surface area contributed by atoms with Crippen LogP contribution in [-0.2, 0) is 16.8 Å². The average Bonchev–Trinajstić information content (AvgIpc) is 3.22. The van der Waals surface area contributed by atoms with Gasteiger partial charge in [0.15, 0.2) is 11.6 Å². The first-order valence-electron chi connectivity index (χ1n) is 11.6. The van der Waals surface area contributed by atoms with Crippen LogP contribution >= 0.6 is 11.6 Å². The Kier molecular flexibility index (Phi) is 6.69. The molecule has 5 nitrogen and oxygen atoms in total. The third-order valence-corrected chi connectivity index (χ3v) is 6.85. The van der Waals surface area contributed by atoms with Crippen molar-refractivity contribution in [2.45, 2.75) is 24.9 Å². The zero-order chi connectivity index (χ0) is 25.3. The minimum absolute atomic E-state index is 0.0394. The van der Waals surface area contributed by atoms with E-state index in [0.717, 1.165) is 31.0 Å². The Hall–Kier alpha value is -3.41. The van der Waals surface area contributed by atoms with E-state index in [9.17, 15) is 13.2 Å². The maximum atomic E-state index is 15.0. The summed E-state index contributed by atoms with van der Waals surface area (Å²) in [6, 6.07) is 13.4. The zero-order valence-corrected chi connectivity index (χ0v) is 20.0. The van der Waals surface area contributed by atoms with E-state index in [-0.39, 0.29) is 12.0 Å². The van der Waals surface area contributed by atoms with E-state index in [1.165, 1.54) is 12.1 Å². The summed E-state index contributed by atoms with van der Waals surface area (Å²) in [5.41, 5.74) is 0.527. The summed E-state index contributed by atoms with van der Waals surface area (Å²) in [5, 5.41) is 16.1. The molecule has 0 bridgehead atoms. The van der Waals surface area contributed by atoms with Crippen molar-refractivity contribution in [2.24, 2.45) is 5.92 Å². The fourth-order valence-corrected chi connectivity index (χ4v) is 4.86. The predicted molar refractivity (Wildman–Crippen MR) is 131 cm³/mol. The molecule has 1 fully saturated rings. The third kappa shape index (κ3) is 4.81. The molecule has 0 spiro atoms. The van der Waals surface area contributed by atoms with E-state index in [1.807, 2.05) is 6.07 Å². The number of ether oxygens (including phenoxy) is 2. The summed E-state index contributed by atoms with van der Waals surface area (Å²) in [6.45, 7) is 1.79. The van der Waals surface area contributed by atoms with Gasteiger partial charge in [0.2, 0.25) is 0 Å². The Bertz CT molecular complexity index is 1310. The number of nitriles is 1. The second-order valence-electron chi connectivity index (χ2n) is 9.07. The second-order valence-corrected chi connectivity index (χ2v) is 9.51. The van der Waals surface area contributed by atoms with Gasteiger partial charge in [0.05, 0.1) is 29.6 Å². The van der Waals surface area contributed by atoms with Gasteiger partial charge in [-0.25, -0.2) is 13.2 Å². The molecular formula is C27H23ClF3N3O2. The van der Waals surface area contributed by atoms with Gasteiger partial charge in [-0.05, 0) is 54.7 Å². The van der Waals surface area contributed by atoms with Gasteiger partial charge in [0, 0.05) is 42.4 Å². The van der Waals surface area contributed by atoms with Crippen molar-refractivity contribution in [3.63, 3.8) is 0 Å². The highest BCUT2D eigenvalue weighted by molar-refractivity contribution is 6.30. The lowest BCUT2D eigenvalue weighted by molar-refractivity contribution is 0.0495. The van der Waals surface area contributed by atoms with Gasteiger partial charge >= 0.3 is 0 Å². The number of benzene rings is 3. The molecule has 1 saturated heterocycles. The molecule has 2 heterocycles. The van der Waals surface area contributed by atoms with Crippen molar-refractivity contribution in [1.82, 2.24) is 0 Å². The Morgan fingerprint density at radius 2 is 1.67 bits per heavy atom. The number of halogens is 4. The van der Waals surface area contributed by atoms with Crippen molar-refractivity contribution in [1.29, 1.82) is 5.26 Å². The summed E-state index contributed by atoms with van der Waals surface area (Å²) in [6.07, 6.45) is 1.79. The number of hydrogen-bond acceptors (Lipinski definition) is 5. The van der Waals surface area contributed by atoms with Gasteiger partial charge in [-0.3, -0.25) is 0 Å². The van der Waals surface area contributed by atoms with Crippen LogP contribution in [0.2, 0.25) is 5.02 Å². The van der Waals surface area contributed by atoms with Crippen molar-refractivity contribution in [3.8, 4) is 11.8 Å². The molecule has 0 aliphatic carbocycles. The van der Waals surface area contributed by atoms with Crippen molar-refractivity contribution in [2.75, 3.05) is 30.5 Å². The first-order chi connectivity index (χ1) is 17.4. The molecule has 2 N–H and O–H groups in total. The second kappa shape index (κ2) is 9.92. The first-order valence-corrected chi connectivity index (χ1v) is 12.0. The van der Waals surface area contributed by atoms with E-state index in [4.69, 9.17) is 26.3 Å². The van der Waals surface area contributed by atoms with E-state index in [1.54, 1.807) is 18.2 Å². The Morgan fingerprint density at radius 1 is 0.972 bits per heavy atom. The number of anilines is 2. The standard InChI is InChI=1S/C27H23ClF3N3O2/c28-19-3-4-20(26(10-19)36-15-16-5-7-35-8-6-16)27(13-18-2-1-17(14-32)9-21(18)29)33-24-11-22(30)23(31)12-25(24)34-27/h1-4,9-12,16,33-34H,5-8,13,15H2. The lowest BCUT2D eigenvalue weighted by Crippen LogP contribution is -2.42. The monoisotopic (exact) mass is 513 g/mol. The fraction of sp³-hybridized carbons (Fsp3) is 0.296. The third-order valence-electron chi connectivity index (χ3n) is 6.61. The summed E-state index contributed by atoms with van der Waals surface area (Å²) in [5.74, 6) is -1.80. The van der Waals surface area contributed by atoms with E-state index in [0.29, 0.717) is 59.0 Å². The largest absolute Gasteiger partial charge is 0.493 e. The highest BCUT2D eigenvalue weighted by atomic mass is 35.5. The van der Waals surface area contributed by atoms with Crippen LogP contribution in [0.25, 0.3) is 0 Å². The molecule has 3 aromatic carbocycles. The van der Waals surface area contributed by atoms with Crippen molar-refractivity contribution in [3.05, 3.63) is 87.7 Å². The van der Waals surface area contributed by atoms with Gasteiger partial charge in [-0.15, -0.1) is 0 Å². The summed E-state index contributed by atoms with van der Waals surface area (Å²) < 4.78 is 54.8. The smallest absolute Gasteiger partial charge is 0.161 e. The van der Waals surface area contributed by atoms with Crippen LogP contribution in [0, 0.1) is 34.7 Å². The number of hydrogen-bond donors (Lipinski definition) is 2. The molecule has 0 radical (unpaired) electrons. The Balaban J connectivity index is 1.56. The fourth-order valence-electron chi connectivity index (χ4n) is 4.70. The topological polar surface area (TPSA) is 66.3 Å². The molecule has 36 heavy (non-hydrogen) atoms. The predicted octanol–water partition coefficient (Wildman–Crippen LogP) is 6.37. The molecule has 0 unspecified atom stereocenters. The molecule has 2 aliphatic rings. The molecule has 0 aromatic heterocycles. The number of rotatable bonds is 6. The molecule has 2 aliphatic heterocycles. The molecule has 0 saturated carbocycles. The summed E-state index contributed by atoms with van der Waals surface area (Å²) >= 11 is 6.31. The summed E-state index contributed by atoms with van der Waals surface area (Å²) in [7, 11) is 0. The number of nitrogens with zero attached hydrogens (tertiary/aromatic N) is 1. The molecular weight excluding hydrogens is 491 g/mol. The molecule has 3 aromatic rings. The lowest BCUT2D eigenvalue weighted by Gasteiger charge is -2.34. The van der Waals surface area contributed by atoms with E-state index in [2.05, 4.69) is 10.6 Å². The highest BCUT2D eigenvalue weighted by Crippen LogP contribution is 2.46. The Morgan fingerprint density at radius 3 is 2.31 bits per heavy atom. The van der Waals surface area contributed by atoms with Gasteiger partial charge in [0.1, 0.15) is 17.2 Å². The van der Waals surface area contributed by atoms with Crippen molar-refractivity contribution >= 4 is 23.0 Å². The van der Waals surface area contributed by atoms with Gasteiger partial charge in [0.25, 0.3) is 0 Å². The maximum Gasteiger partial charge on any atom is 0.161 e. The quantitative estimate of drug-likeness (QED) is 0.401. The van der Waals surface area contributed by atoms with Crippen LogP contribution in [0.1, 0.15) is 29.5 Å². The van der Waals surface area contributed by atoms with Crippen LogP contribution in [0.4, 0.5) is 24.5 Å². The van der Waals surface area contributed by atoms with Crippen LogP contribution in [0.3, 0.4) is 0 Å². The maximum absolute atomic E-state index is 15.0. The molecule has 9 heteroatoms. The minimum Gasteiger partial charge on any atom is -0.493 e. The first kappa shape index (κ1) is 24.3. The summed E-state index contributed by atoms with van der Waals surface area (Å²) in [4.78, 5) is 0. The molecule has 0 atom stereocenters. The van der Waals surface area contributed by atoms with Gasteiger partial charge < -0.3 is 20.1 Å². The molecule has 186 valence electrons. The number of fused-ring (bicyclic) bond motifs is 1. The minimum atomic E-state index is -1.22. The zero-order valence-electron chi connectivity index (χ0n) is 19.2. The lowest BCUT2D eigenvalue weighted by atomic mass is 9.90. The van der Waals surface area contributed by atoms with Crippen LogP contribution in [0.5, 0.6) is 5.75 Å². The molecule has 0 amide bonds.